The number of piperazine rings is 1. The highest BCUT2D eigenvalue weighted by molar-refractivity contribution is 6.36. The summed E-state index contributed by atoms with van der Waals surface area (Å²) < 4.78 is 21.3. The molecule has 7 heteroatoms. The molecule has 3 heterocycles. The summed E-state index contributed by atoms with van der Waals surface area (Å²) >= 11 is 6.43. The Labute approximate surface area is 179 Å². The molecule has 0 aliphatic carbocycles. The minimum absolute atomic E-state index is 0.0173. The van der Waals surface area contributed by atoms with Crippen molar-refractivity contribution < 1.29 is 13.9 Å². The molecule has 0 unspecified atom stereocenters. The van der Waals surface area contributed by atoms with Gasteiger partial charge in [-0.1, -0.05) is 18.5 Å². The van der Waals surface area contributed by atoms with Gasteiger partial charge in [0.25, 0.3) is 5.91 Å². The van der Waals surface area contributed by atoms with Crippen molar-refractivity contribution in [2.75, 3.05) is 31.1 Å². The zero-order valence-corrected chi connectivity index (χ0v) is 17.5. The summed E-state index contributed by atoms with van der Waals surface area (Å²) in [5.41, 5.74) is 2.54. The third kappa shape index (κ3) is 3.19. The van der Waals surface area contributed by atoms with Crippen molar-refractivity contribution in [3.63, 3.8) is 0 Å². The zero-order chi connectivity index (χ0) is 20.8. The number of hydrogen-bond acceptors (Lipinski definition) is 3. The molecule has 156 valence electrons. The van der Waals surface area contributed by atoms with Gasteiger partial charge in [0.15, 0.2) is 0 Å². The lowest BCUT2D eigenvalue weighted by molar-refractivity contribution is 0.0730. The first-order valence-electron chi connectivity index (χ1n) is 10.3. The van der Waals surface area contributed by atoms with Gasteiger partial charge in [0.1, 0.15) is 23.4 Å². The molecule has 0 spiro atoms. The van der Waals surface area contributed by atoms with Crippen LogP contribution in [0.15, 0.2) is 42.5 Å². The quantitative estimate of drug-likeness (QED) is 0.614. The average molecular weight is 428 g/mol. The van der Waals surface area contributed by atoms with E-state index in [0.717, 1.165) is 28.8 Å². The van der Waals surface area contributed by atoms with Gasteiger partial charge in [-0.2, -0.15) is 0 Å². The average Bonchev–Trinajstić information content (AvgIpc) is 3.17. The number of anilines is 1. The fourth-order valence-electron chi connectivity index (χ4n) is 4.39. The molecule has 1 amide bonds. The third-order valence-electron chi connectivity index (χ3n) is 6.08. The standard InChI is InChI=1S/C23H23ClFN3O2/c1-2-17-14-28-20(13-18-19(24)7-8-21(30-17)22(18)28)23(29)27-11-9-26(10-12-27)16-5-3-15(25)4-6-16/h3-8,13,17H,2,9-12,14H2,1H3/t17-/m1/s1. The van der Waals surface area contributed by atoms with Crippen LogP contribution in [0.2, 0.25) is 5.02 Å². The summed E-state index contributed by atoms with van der Waals surface area (Å²) in [5.74, 6) is 0.561. The Morgan fingerprint density at radius 1 is 1.13 bits per heavy atom. The summed E-state index contributed by atoms with van der Waals surface area (Å²) in [6.07, 6.45) is 0.905. The van der Waals surface area contributed by atoms with E-state index in [-0.39, 0.29) is 17.8 Å². The van der Waals surface area contributed by atoms with Gasteiger partial charge < -0.3 is 19.1 Å². The lowest BCUT2D eigenvalue weighted by Gasteiger charge is -2.36. The number of carbonyl (C=O) groups excluding carboxylic acids is 1. The van der Waals surface area contributed by atoms with Gasteiger partial charge in [-0.25, -0.2) is 4.39 Å². The first-order chi connectivity index (χ1) is 14.5. The fourth-order valence-corrected chi connectivity index (χ4v) is 4.60. The second-order valence-corrected chi connectivity index (χ2v) is 8.26. The minimum Gasteiger partial charge on any atom is -0.486 e. The molecule has 2 aliphatic rings. The van der Waals surface area contributed by atoms with Crippen LogP contribution in [0, 0.1) is 5.82 Å². The topological polar surface area (TPSA) is 37.7 Å². The molecule has 1 atom stereocenters. The highest BCUT2D eigenvalue weighted by Crippen LogP contribution is 2.38. The summed E-state index contributed by atoms with van der Waals surface area (Å²) in [6.45, 7) is 5.39. The van der Waals surface area contributed by atoms with E-state index in [9.17, 15) is 9.18 Å². The van der Waals surface area contributed by atoms with Crippen LogP contribution in [0.1, 0.15) is 23.8 Å². The second kappa shape index (κ2) is 7.51. The van der Waals surface area contributed by atoms with Gasteiger partial charge in [-0.15, -0.1) is 0 Å². The Kier molecular flexibility index (Phi) is 4.82. The van der Waals surface area contributed by atoms with Crippen LogP contribution in [0.5, 0.6) is 5.75 Å². The number of amides is 1. The zero-order valence-electron chi connectivity index (χ0n) is 16.8. The van der Waals surface area contributed by atoms with Gasteiger partial charge in [-0.05, 0) is 48.9 Å². The summed E-state index contributed by atoms with van der Waals surface area (Å²) in [6, 6.07) is 12.1. The van der Waals surface area contributed by atoms with Gasteiger partial charge in [0.2, 0.25) is 0 Å². The van der Waals surface area contributed by atoms with Crippen molar-refractivity contribution in [3.8, 4) is 5.75 Å². The maximum atomic E-state index is 13.4. The molecule has 0 bridgehead atoms. The number of nitrogens with zero attached hydrogens (tertiary/aromatic N) is 3. The van der Waals surface area contributed by atoms with Crippen LogP contribution in [0.25, 0.3) is 10.9 Å². The number of benzene rings is 2. The largest absolute Gasteiger partial charge is 0.486 e. The normalized spacial score (nSPS) is 18.6. The molecule has 0 radical (unpaired) electrons. The molecule has 1 saturated heterocycles. The molecule has 0 N–H and O–H groups in total. The van der Waals surface area contributed by atoms with Gasteiger partial charge in [0, 0.05) is 37.3 Å². The van der Waals surface area contributed by atoms with Crippen LogP contribution < -0.4 is 9.64 Å². The molecular weight excluding hydrogens is 405 g/mol. The Bertz CT molecular complexity index is 1100. The Morgan fingerprint density at radius 3 is 2.57 bits per heavy atom. The van der Waals surface area contributed by atoms with Gasteiger partial charge in [-0.3, -0.25) is 4.79 Å². The van der Waals surface area contributed by atoms with E-state index >= 15 is 0 Å². The van der Waals surface area contributed by atoms with E-state index in [1.807, 2.05) is 23.1 Å². The molecule has 5 rings (SSSR count). The lowest BCUT2D eigenvalue weighted by Crippen LogP contribution is -2.49. The number of rotatable bonds is 3. The monoisotopic (exact) mass is 427 g/mol. The highest BCUT2D eigenvalue weighted by Gasteiger charge is 2.30. The van der Waals surface area contributed by atoms with Crippen LogP contribution in [0.3, 0.4) is 0 Å². The number of aromatic nitrogens is 1. The van der Waals surface area contributed by atoms with E-state index < -0.39 is 0 Å². The predicted octanol–water partition coefficient (Wildman–Crippen LogP) is 4.57. The van der Waals surface area contributed by atoms with Crippen LogP contribution in [-0.2, 0) is 6.54 Å². The van der Waals surface area contributed by atoms with Crippen molar-refractivity contribution in [2.45, 2.75) is 26.0 Å². The summed E-state index contributed by atoms with van der Waals surface area (Å²) in [7, 11) is 0. The number of halogens is 2. The minimum atomic E-state index is -0.241. The summed E-state index contributed by atoms with van der Waals surface area (Å²) in [5, 5.41) is 1.48. The maximum Gasteiger partial charge on any atom is 0.270 e. The first-order valence-corrected chi connectivity index (χ1v) is 10.7. The number of hydrogen-bond donors (Lipinski definition) is 0. The van der Waals surface area contributed by atoms with E-state index in [1.165, 1.54) is 12.1 Å². The van der Waals surface area contributed by atoms with Crippen molar-refractivity contribution >= 4 is 34.1 Å². The lowest BCUT2D eigenvalue weighted by atomic mass is 10.2. The molecule has 2 aliphatic heterocycles. The van der Waals surface area contributed by atoms with E-state index in [1.54, 1.807) is 12.1 Å². The van der Waals surface area contributed by atoms with Gasteiger partial charge in [0.05, 0.1) is 17.1 Å². The van der Waals surface area contributed by atoms with Gasteiger partial charge >= 0.3 is 0 Å². The SMILES string of the molecule is CC[C@@H]1Cn2c(C(=O)N3CCN(c4ccc(F)cc4)CC3)cc3c(Cl)ccc(c32)O1. The van der Waals surface area contributed by atoms with Crippen LogP contribution >= 0.6 is 11.6 Å². The molecule has 3 aromatic rings. The summed E-state index contributed by atoms with van der Waals surface area (Å²) in [4.78, 5) is 17.5. The third-order valence-corrected chi connectivity index (χ3v) is 6.41. The predicted molar refractivity (Wildman–Crippen MR) is 116 cm³/mol. The molecule has 1 aromatic heterocycles. The molecule has 2 aromatic carbocycles. The number of ether oxygens (including phenoxy) is 1. The molecule has 30 heavy (non-hydrogen) atoms. The smallest absolute Gasteiger partial charge is 0.270 e. The molecule has 0 saturated carbocycles. The number of carbonyl (C=O) groups is 1. The maximum absolute atomic E-state index is 13.4. The molecule has 5 nitrogen and oxygen atoms in total. The van der Waals surface area contributed by atoms with E-state index in [0.29, 0.717) is 43.4 Å². The van der Waals surface area contributed by atoms with E-state index in [4.69, 9.17) is 16.3 Å². The van der Waals surface area contributed by atoms with Crippen molar-refractivity contribution in [1.29, 1.82) is 0 Å². The van der Waals surface area contributed by atoms with Crippen LogP contribution in [-0.4, -0.2) is 47.7 Å². The first kappa shape index (κ1) is 19.2. The van der Waals surface area contributed by atoms with Crippen LogP contribution in [0.4, 0.5) is 10.1 Å². The van der Waals surface area contributed by atoms with Crippen molar-refractivity contribution in [3.05, 3.63) is 59.0 Å². The van der Waals surface area contributed by atoms with Crippen molar-refractivity contribution in [2.24, 2.45) is 0 Å². The van der Waals surface area contributed by atoms with Crippen molar-refractivity contribution in [1.82, 2.24) is 9.47 Å². The Balaban J connectivity index is 1.40. The fraction of sp³-hybridized carbons (Fsp3) is 0.348. The Morgan fingerprint density at radius 2 is 1.87 bits per heavy atom. The second-order valence-electron chi connectivity index (χ2n) is 7.85. The Hall–Kier alpha value is -2.73. The van der Waals surface area contributed by atoms with E-state index in [2.05, 4.69) is 16.4 Å². The molecule has 1 fully saturated rings. The molecular formula is C23H23ClFN3O2. The highest BCUT2D eigenvalue weighted by atomic mass is 35.5.